The van der Waals surface area contributed by atoms with Crippen molar-refractivity contribution < 1.29 is 4.79 Å². The standard InChI is InChI=1S/C15H23N3O/c1-11(16)14(12-7-3-2-4-8-12)18-10-6-5-9-13(18)15(17)19/h2-4,7-8,11,13-14H,5-6,9-10,16H2,1H3,(H2,17,19). The van der Waals surface area contributed by atoms with E-state index in [-0.39, 0.29) is 24.0 Å². The van der Waals surface area contributed by atoms with Gasteiger partial charge in [-0.25, -0.2) is 0 Å². The first kappa shape index (κ1) is 14.0. The first-order valence-electron chi connectivity index (χ1n) is 6.97. The van der Waals surface area contributed by atoms with Crippen molar-refractivity contribution in [3.05, 3.63) is 35.9 Å². The lowest BCUT2D eigenvalue weighted by atomic mass is 9.92. The largest absolute Gasteiger partial charge is 0.368 e. The Morgan fingerprint density at radius 1 is 1.32 bits per heavy atom. The number of amides is 1. The SMILES string of the molecule is CC(N)C(c1ccccc1)N1CCCCC1C(N)=O. The van der Waals surface area contributed by atoms with Crippen molar-refractivity contribution in [2.24, 2.45) is 11.5 Å². The number of carbonyl (C=O) groups excluding carboxylic acids is 1. The average Bonchev–Trinajstić information content (AvgIpc) is 2.40. The Morgan fingerprint density at radius 2 is 2.00 bits per heavy atom. The molecular formula is C15H23N3O. The summed E-state index contributed by atoms with van der Waals surface area (Å²) >= 11 is 0. The fraction of sp³-hybridized carbons (Fsp3) is 0.533. The molecule has 4 heteroatoms. The molecule has 0 aromatic heterocycles. The van der Waals surface area contributed by atoms with E-state index in [1.54, 1.807) is 0 Å². The van der Waals surface area contributed by atoms with Gasteiger partial charge in [-0.05, 0) is 31.9 Å². The van der Waals surface area contributed by atoms with Gasteiger partial charge in [0, 0.05) is 6.04 Å². The Bertz CT molecular complexity index is 419. The van der Waals surface area contributed by atoms with Crippen LogP contribution in [0.3, 0.4) is 0 Å². The van der Waals surface area contributed by atoms with E-state index in [0.717, 1.165) is 31.4 Å². The van der Waals surface area contributed by atoms with Crippen molar-refractivity contribution in [3.63, 3.8) is 0 Å². The molecule has 0 saturated carbocycles. The Hall–Kier alpha value is -1.39. The molecule has 0 spiro atoms. The fourth-order valence-corrected chi connectivity index (χ4v) is 3.04. The minimum Gasteiger partial charge on any atom is -0.368 e. The Labute approximate surface area is 114 Å². The molecule has 2 rings (SSSR count). The molecule has 3 atom stereocenters. The van der Waals surface area contributed by atoms with Crippen molar-refractivity contribution in [2.45, 2.75) is 44.3 Å². The Balaban J connectivity index is 2.30. The number of piperidine rings is 1. The van der Waals surface area contributed by atoms with Crippen LogP contribution in [0.25, 0.3) is 0 Å². The van der Waals surface area contributed by atoms with E-state index in [9.17, 15) is 4.79 Å². The molecule has 1 aromatic carbocycles. The molecule has 1 fully saturated rings. The van der Waals surface area contributed by atoms with Gasteiger partial charge in [0.05, 0.1) is 12.1 Å². The molecule has 4 N–H and O–H groups in total. The maximum absolute atomic E-state index is 11.7. The van der Waals surface area contributed by atoms with Gasteiger partial charge in [-0.3, -0.25) is 9.69 Å². The van der Waals surface area contributed by atoms with E-state index in [1.807, 2.05) is 25.1 Å². The number of primary amides is 1. The molecule has 1 heterocycles. The number of rotatable bonds is 4. The molecule has 0 radical (unpaired) electrons. The normalized spacial score (nSPS) is 23.8. The topological polar surface area (TPSA) is 72.3 Å². The minimum atomic E-state index is -0.235. The second-order valence-corrected chi connectivity index (χ2v) is 5.37. The molecule has 3 unspecified atom stereocenters. The van der Waals surface area contributed by atoms with Gasteiger partial charge in [-0.1, -0.05) is 36.8 Å². The third-order valence-electron chi connectivity index (χ3n) is 3.87. The lowest BCUT2D eigenvalue weighted by molar-refractivity contribution is -0.125. The highest BCUT2D eigenvalue weighted by Gasteiger charge is 2.34. The van der Waals surface area contributed by atoms with E-state index >= 15 is 0 Å². The van der Waals surface area contributed by atoms with Crippen molar-refractivity contribution in [1.82, 2.24) is 4.90 Å². The molecule has 1 aliphatic heterocycles. The highest BCUT2D eigenvalue weighted by Crippen LogP contribution is 2.30. The summed E-state index contributed by atoms with van der Waals surface area (Å²) in [5, 5.41) is 0. The van der Waals surface area contributed by atoms with E-state index in [2.05, 4.69) is 17.0 Å². The van der Waals surface area contributed by atoms with Crippen LogP contribution >= 0.6 is 0 Å². The summed E-state index contributed by atoms with van der Waals surface area (Å²) in [6, 6.07) is 9.97. The van der Waals surface area contributed by atoms with Crippen LogP contribution in [0, 0.1) is 0 Å². The summed E-state index contributed by atoms with van der Waals surface area (Å²) in [5.74, 6) is -0.235. The number of likely N-dealkylation sites (tertiary alicyclic amines) is 1. The fourth-order valence-electron chi connectivity index (χ4n) is 3.04. The number of nitrogens with two attached hydrogens (primary N) is 2. The molecule has 4 nitrogen and oxygen atoms in total. The Morgan fingerprint density at radius 3 is 2.58 bits per heavy atom. The number of hydrogen-bond donors (Lipinski definition) is 2. The van der Waals surface area contributed by atoms with Crippen LogP contribution in [0.4, 0.5) is 0 Å². The van der Waals surface area contributed by atoms with E-state index in [4.69, 9.17) is 11.5 Å². The summed E-state index contributed by atoms with van der Waals surface area (Å²) < 4.78 is 0. The van der Waals surface area contributed by atoms with E-state index < -0.39 is 0 Å². The van der Waals surface area contributed by atoms with Crippen LogP contribution in [0.1, 0.15) is 37.8 Å². The van der Waals surface area contributed by atoms with Gasteiger partial charge in [0.15, 0.2) is 0 Å². The molecule has 19 heavy (non-hydrogen) atoms. The quantitative estimate of drug-likeness (QED) is 0.861. The maximum atomic E-state index is 11.7. The predicted molar refractivity (Wildman–Crippen MR) is 76.4 cm³/mol. The van der Waals surface area contributed by atoms with Gasteiger partial charge in [-0.15, -0.1) is 0 Å². The van der Waals surface area contributed by atoms with E-state index in [0.29, 0.717) is 0 Å². The number of benzene rings is 1. The molecule has 0 bridgehead atoms. The van der Waals surface area contributed by atoms with Crippen LogP contribution in [0.5, 0.6) is 0 Å². The van der Waals surface area contributed by atoms with E-state index in [1.165, 1.54) is 0 Å². The monoisotopic (exact) mass is 261 g/mol. The predicted octanol–water partition coefficient (Wildman–Crippen LogP) is 1.41. The summed E-state index contributed by atoms with van der Waals surface area (Å²) in [4.78, 5) is 13.8. The summed E-state index contributed by atoms with van der Waals surface area (Å²) in [5.41, 5.74) is 12.9. The smallest absolute Gasteiger partial charge is 0.234 e. The highest BCUT2D eigenvalue weighted by molar-refractivity contribution is 5.80. The van der Waals surface area contributed by atoms with Crippen molar-refractivity contribution in [2.75, 3.05) is 6.54 Å². The summed E-state index contributed by atoms with van der Waals surface area (Å²) in [6.45, 7) is 2.87. The number of nitrogens with zero attached hydrogens (tertiary/aromatic N) is 1. The van der Waals surface area contributed by atoms with Gasteiger partial charge in [-0.2, -0.15) is 0 Å². The second kappa shape index (κ2) is 6.17. The van der Waals surface area contributed by atoms with Crippen LogP contribution in [0.2, 0.25) is 0 Å². The van der Waals surface area contributed by atoms with Crippen LogP contribution in [-0.4, -0.2) is 29.4 Å². The maximum Gasteiger partial charge on any atom is 0.234 e. The van der Waals surface area contributed by atoms with Crippen molar-refractivity contribution in [3.8, 4) is 0 Å². The van der Waals surface area contributed by atoms with Gasteiger partial charge >= 0.3 is 0 Å². The molecule has 1 amide bonds. The molecule has 1 aromatic rings. The number of hydrogen-bond acceptors (Lipinski definition) is 3. The molecule has 104 valence electrons. The van der Waals surface area contributed by atoms with Crippen molar-refractivity contribution >= 4 is 5.91 Å². The van der Waals surface area contributed by atoms with Gasteiger partial charge in [0.1, 0.15) is 0 Å². The zero-order chi connectivity index (χ0) is 13.8. The molecule has 0 aliphatic carbocycles. The lowest BCUT2D eigenvalue weighted by Gasteiger charge is -2.41. The third-order valence-corrected chi connectivity index (χ3v) is 3.87. The summed E-state index contributed by atoms with van der Waals surface area (Å²) in [6.07, 6.45) is 3.00. The van der Waals surface area contributed by atoms with Crippen LogP contribution in [0.15, 0.2) is 30.3 Å². The molecule has 1 aliphatic rings. The first-order valence-corrected chi connectivity index (χ1v) is 6.97. The molecular weight excluding hydrogens is 238 g/mol. The molecule has 1 saturated heterocycles. The minimum absolute atomic E-state index is 0.0395. The third kappa shape index (κ3) is 3.14. The summed E-state index contributed by atoms with van der Waals surface area (Å²) in [7, 11) is 0. The highest BCUT2D eigenvalue weighted by atomic mass is 16.1. The number of carbonyl (C=O) groups is 1. The van der Waals surface area contributed by atoms with Crippen LogP contribution < -0.4 is 11.5 Å². The second-order valence-electron chi connectivity index (χ2n) is 5.37. The van der Waals surface area contributed by atoms with Gasteiger partial charge in [0.2, 0.25) is 5.91 Å². The van der Waals surface area contributed by atoms with Gasteiger partial charge < -0.3 is 11.5 Å². The van der Waals surface area contributed by atoms with Gasteiger partial charge in [0.25, 0.3) is 0 Å². The Kier molecular flexibility index (Phi) is 4.56. The average molecular weight is 261 g/mol. The zero-order valence-electron chi connectivity index (χ0n) is 11.5. The van der Waals surface area contributed by atoms with Crippen LogP contribution in [-0.2, 0) is 4.79 Å². The first-order chi connectivity index (χ1) is 9.11. The lowest BCUT2D eigenvalue weighted by Crippen LogP contribution is -2.52. The van der Waals surface area contributed by atoms with Crippen molar-refractivity contribution in [1.29, 1.82) is 0 Å². The zero-order valence-corrected chi connectivity index (χ0v) is 11.5.